The Hall–Kier alpha value is -0.630. The fraction of sp³-hybridized carbons (Fsp3) is 0.769. The van der Waals surface area contributed by atoms with E-state index in [0.29, 0.717) is 12.2 Å². The van der Waals surface area contributed by atoms with Crippen LogP contribution < -0.4 is 0 Å². The lowest BCUT2D eigenvalue weighted by molar-refractivity contribution is -0.130. The van der Waals surface area contributed by atoms with Crippen molar-refractivity contribution in [2.45, 2.75) is 52.6 Å². The van der Waals surface area contributed by atoms with Gasteiger partial charge in [0.25, 0.3) is 0 Å². The molecule has 2 unspecified atom stereocenters. The third-order valence-electron chi connectivity index (χ3n) is 4.38. The zero-order valence-electron chi connectivity index (χ0n) is 9.84. The lowest BCUT2D eigenvalue weighted by Crippen LogP contribution is -2.48. The molecular weight excluding hydrogens is 188 g/mol. The molecule has 2 heteroatoms. The van der Waals surface area contributed by atoms with Gasteiger partial charge in [0, 0.05) is 17.3 Å². The van der Waals surface area contributed by atoms with Crippen molar-refractivity contribution in [1.82, 2.24) is 0 Å². The minimum absolute atomic E-state index is 0.157. The summed E-state index contributed by atoms with van der Waals surface area (Å²) < 4.78 is 0. The fourth-order valence-electron chi connectivity index (χ4n) is 3.22. The minimum Gasteiger partial charge on any atom is -0.392 e. The van der Waals surface area contributed by atoms with Crippen LogP contribution >= 0.6 is 0 Å². The van der Waals surface area contributed by atoms with Crippen LogP contribution in [0.3, 0.4) is 0 Å². The fourth-order valence-corrected chi connectivity index (χ4v) is 3.22. The van der Waals surface area contributed by atoms with Crippen molar-refractivity contribution in [1.29, 1.82) is 0 Å². The van der Waals surface area contributed by atoms with Crippen LogP contribution in [0.5, 0.6) is 0 Å². The summed E-state index contributed by atoms with van der Waals surface area (Å²) in [5.74, 6) is 0.320. The first kappa shape index (κ1) is 10.9. The second-order valence-electron chi connectivity index (χ2n) is 5.68. The van der Waals surface area contributed by atoms with Crippen LogP contribution in [0, 0.1) is 10.8 Å². The van der Waals surface area contributed by atoms with Crippen molar-refractivity contribution in [3.63, 3.8) is 0 Å². The van der Waals surface area contributed by atoms with E-state index in [1.807, 2.05) is 13.8 Å². The molecule has 0 saturated heterocycles. The third-order valence-corrected chi connectivity index (χ3v) is 4.38. The number of Topliss-reactive ketones (excluding diaryl/α,β-unsaturated/α-hetero) is 1. The zero-order chi connectivity index (χ0) is 11.3. The number of carbonyl (C=O) groups is 1. The van der Waals surface area contributed by atoms with Crippen LogP contribution in [-0.2, 0) is 4.79 Å². The average molecular weight is 208 g/mol. The highest BCUT2D eigenvalue weighted by atomic mass is 16.3. The monoisotopic (exact) mass is 208 g/mol. The summed E-state index contributed by atoms with van der Waals surface area (Å²) in [6.45, 7) is 6.10. The molecule has 0 aliphatic heterocycles. The van der Waals surface area contributed by atoms with E-state index in [4.69, 9.17) is 0 Å². The molecule has 2 aliphatic rings. The first-order valence-corrected chi connectivity index (χ1v) is 5.81. The Labute approximate surface area is 91.4 Å². The molecule has 0 spiro atoms. The van der Waals surface area contributed by atoms with Crippen molar-refractivity contribution >= 4 is 5.78 Å². The molecule has 0 aromatic heterocycles. The van der Waals surface area contributed by atoms with Gasteiger partial charge in [-0.3, -0.25) is 4.79 Å². The molecule has 2 rings (SSSR count). The number of carbonyl (C=O) groups excluding carboxylic acids is 1. The van der Waals surface area contributed by atoms with Gasteiger partial charge in [-0.15, -0.1) is 0 Å². The van der Waals surface area contributed by atoms with E-state index in [9.17, 15) is 9.90 Å². The minimum atomic E-state index is -0.367. The van der Waals surface area contributed by atoms with E-state index < -0.39 is 0 Å². The van der Waals surface area contributed by atoms with Gasteiger partial charge in [0.2, 0.25) is 0 Å². The Kier molecular flexibility index (Phi) is 2.30. The molecule has 0 aromatic carbocycles. The molecule has 2 atom stereocenters. The highest BCUT2D eigenvalue weighted by Gasteiger charge is 2.50. The quantitative estimate of drug-likeness (QED) is 0.621. The number of allylic oxidation sites excluding steroid dienone is 1. The Morgan fingerprint density at radius 2 is 2.07 bits per heavy atom. The van der Waals surface area contributed by atoms with Gasteiger partial charge in [0.05, 0.1) is 6.10 Å². The lowest BCUT2D eigenvalue weighted by Gasteiger charge is -2.49. The van der Waals surface area contributed by atoms with Gasteiger partial charge in [-0.1, -0.05) is 18.6 Å². The van der Waals surface area contributed by atoms with Crippen LogP contribution in [0.4, 0.5) is 0 Å². The van der Waals surface area contributed by atoms with Crippen molar-refractivity contribution in [2.24, 2.45) is 10.8 Å². The highest BCUT2D eigenvalue weighted by Crippen LogP contribution is 2.53. The van der Waals surface area contributed by atoms with Gasteiger partial charge in [-0.05, 0) is 33.1 Å². The number of ketones is 1. The van der Waals surface area contributed by atoms with E-state index in [-0.39, 0.29) is 16.9 Å². The predicted molar refractivity (Wildman–Crippen MR) is 59.5 cm³/mol. The van der Waals surface area contributed by atoms with Crippen molar-refractivity contribution < 1.29 is 9.90 Å². The maximum Gasteiger partial charge on any atom is 0.142 e. The summed E-state index contributed by atoms with van der Waals surface area (Å²) in [4.78, 5) is 11.9. The first-order valence-electron chi connectivity index (χ1n) is 5.81. The summed E-state index contributed by atoms with van der Waals surface area (Å²) in [5, 5.41) is 10.1. The largest absolute Gasteiger partial charge is 0.392 e. The molecule has 0 heterocycles. The molecule has 1 fully saturated rings. The summed E-state index contributed by atoms with van der Waals surface area (Å²) in [5.41, 5.74) is 0.648. The van der Waals surface area contributed by atoms with Crippen LogP contribution in [0.15, 0.2) is 11.6 Å². The maximum absolute atomic E-state index is 11.9. The lowest BCUT2D eigenvalue weighted by atomic mass is 9.55. The standard InChI is InChI=1S/C13H20O2/c1-12(2)9-5-4-6-11(15)13(9,3)8-7-10(12)14/h5,11,15H,4,6-8H2,1-3H3. The van der Waals surface area contributed by atoms with E-state index in [0.717, 1.165) is 19.3 Å². The van der Waals surface area contributed by atoms with Gasteiger partial charge in [-0.2, -0.15) is 0 Å². The van der Waals surface area contributed by atoms with Crippen LogP contribution in [0.2, 0.25) is 0 Å². The number of aliphatic hydroxyl groups is 1. The van der Waals surface area contributed by atoms with Gasteiger partial charge in [-0.25, -0.2) is 0 Å². The summed E-state index contributed by atoms with van der Waals surface area (Å²) in [6, 6.07) is 0. The van der Waals surface area contributed by atoms with Gasteiger partial charge in [0.15, 0.2) is 0 Å². The van der Waals surface area contributed by atoms with E-state index >= 15 is 0 Å². The van der Waals surface area contributed by atoms with Crippen molar-refractivity contribution in [3.8, 4) is 0 Å². The number of hydrogen-bond donors (Lipinski definition) is 1. The normalized spacial score (nSPS) is 39.6. The number of rotatable bonds is 0. The van der Waals surface area contributed by atoms with Crippen molar-refractivity contribution in [3.05, 3.63) is 11.6 Å². The Morgan fingerprint density at radius 1 is 1.40 bits per heavy atom. The molecule has 0 amide bonds. The Morgan fingerprint density at radius 3 is 2.73 bits per heavy atom. The number of fused-ring (bicyclic) bond motifs is 1. The molecule has 84 valence electrons. The molecule has 2 aliphatic carbocycles. The van der Waals surface area contributed by atoms with Gasteiger partial charge in [0.1, 0.15) is 5.78 Å². The summed E-state index contributed by atoms with van der Waals surface area (Å²) >= 11 is 0. The molecule has 0 bridgehead atoms. The topological polar surface area (TPSA) is 37.3 Å². The molecule has 0 radical (unpaired) electrons. The molecule has 1 saturated carbocycles. The molecule has 2 nitrogen and oxygen atoms in total. The maximum atomic E-state index is 11.9. The third kappa shape index (κ3) is 1.38. The molecule has 1 N–H and O–H groups in total. The second kappa shape index (κ2) is 3.18. The van der Waals surface area contributed by atoms with E-state index in [1.165, 1.54) is 5.57 Å². The SMILES string of the molecule is CC1(C)C(=O)CCC2(C)C1=CCCC2O. The first-order chi connectivity index (χ1) is 6.89. The number of hydrogen-bond acceptors (Lipinski definition) is 2. The number of aliphatic hydroxyl groups excluding tert-OH is 1. The Bertz CT molecular complexity index is 327. The van der Waals surface area contributed by atoms with E-state index in [2.05, 4.69) is 13.0 Å². The van der Waals surface area contributed by atoms with Crippen LogP contribution in [-0.4, -0.2) is 17.0 Å². The summed E-state index contributed by atoms with van der Waals surface area (Å²) in [7, 11) is 0. The smallest absolute Gasteiger partial charge is 0.142 e. The van der Waals surface area contributed by atoms with E-state index in [1.54, 1.807) is 0 Å². The van der Waals surface area contributed by atoms with Crippen molar-refractivity contribution in [2.75, 3.05) is 0 Å². The predicted octanol–water partition coefficient (Wildman–Crippen LogP) is 2.46. The van der Waals surface area contributed by atoms with Gasteiger partial charge >= 0.3 is 0 Å². The van der Waals surface area contributed by atoms with Gasteiger partial charge < -0.3 is 5.11 Å². The second-order valence-corrected chi connectivity index (χ2v) is 5.68. The molecule has 15 heavy (non-hydrogen) atoms. The molecule has 0 aromatic rings. The average Bonchev–Trinajstić information content (AvgIpc) is 2.16. The summed E-state index contributed by atoms with van der Waals surface area (Å²) in [6.07, 6.45) is 5.07. The van der Waals surface area contributed by atoms with Crippen LogP contribution in [0.1, 0.15) is 46.5 Å². The van der Waals surface area contributed by atoms with Crippen LogP contribution in [0.25, 0.3) is 0 Å². The highest BCUT2D eigenvalue weighted by molar-refractivity contribution is 5.89. The zero-order valence-corrected chi connectivity index (χ0v) is 9.84. The molecular formula is C13H20O2. The Balaban J connectivity index is 2.47.